The average molecular weight is 260 g/mol. The second-order valence-electron chi connectivity index (χ2n) is 3.72. The maximum Gasteiger partial charge on any atom is 0.255 e. The number of carbonyl (C=O) groups excluding carboxylic acids is 1. The average Bonchev–Trinajstić information content (AvgIpc) is 2.28. The highest BCUT2D eigenvalue weighted by atomic mass is 35.5. The Morgan fingerprint density at radius 2 is 2.29 bits per heavy atom. The van der Waals surface area contributed by atoms with Crippen molar-refractivity contribution >= 4 is 17.5 Å². The monoisotopic (exact) mass is 259 g/mol. The number of nitrogens with one attached hydrogen (secondary N) is 1. The van der Waals surface area contributed by atoms with Crippen LogP contribution in [0.1, 0.15) is 30.1 Å². The van der Waals surface area contributed by atoms with E-state index in [4.69, 9.17) is 11.6 Å². The number of benzene rings is 1. The van der Waals surface area contributed by atoms with E-state index >= 15 is 0 Å². The summed E-state index contributed by atoms with van der Waals surface area (Å²) >= 11 is 5.61. The Balaban J connectivity index is 2.75. The third kappa shape index (κ3) is 3.89. The Hall–Kier alpha value is -1.29. The summed E-state index contributed by atoms with van der Waals surface area (Å²) in [5.41, 5.74) is 0.0689. The number of halogens is 2. The zero-order chi connectivity index (χ0) is 12.8. The summed E-state index contributed by atoms with van der Waals surface area (Å²) in [6.07, 6.45) is 1.41. The van der Waals surface area contributed by atoms with E-state index in [-0.39, 0.29) is 17.4 Å². The zero-order valence-electron chi connectivity index (χ0n) is 9.54. The van der Waals surface area contributed by atoms with Crippen LogP contribution in [0.15, 0.2) is 18.2 Å². The fourth-order valence-corrected chi connectivity index (χ4v) is 1.73. The SMILES string of the molecule is CCC(CCCl)NC(=O)c1ccc(F)cc1O. The van der Waals surface area contributed by atoms with Gasteiger partial charge in [0.1, 0.15) is 11.6 Å². The molecule has 1 atom stereocenters. The van der Waals surface area contributed by atoms with Crippen LogP contribution in [0.5, 0.6) is 5.75 Å². The molecule has 94 valence electrons. The summed E-state index contributed by atoms with van der Waals surface area (Å²) in [7, 11) is 0. The lowest BCUT2D eigenvalue weighted by atomic mass is 10.1. The van der Waals surface area contributed by atoms with Crippen molar-refractivity contribution in [2.75, 3.05) is 5.88 Å². The van der Waals surface area contributed by atoms with Crippen molar-refractivity contribution < 1.29 is 14.3 Å². The number of hydrogen-bond acceptors (Lipinski definition) is 2. The number of alkyl halides is 1. The van der Waals surface area contributed by atoms with Gasteiger partial charge in [-0.2, -0.15) is 0 Å². The van der Waals surface area contributed by atoms with Crippen molar-refractivity contribution in [3.63, 3.8) is 0 Å². The summed E-state index contributed by atoms with van der Waals surface area (Å²) in [5, 5.41) is 12.2. The number of amides is 1. The maximum atomic E-state index is 12.8. The maximum absolute atomic E-state index is 12.8. The number of carbonyl (C=O) groups is 1. The van der Waals surface area contributed by atoms with Crippen molar-refractivity contribution in [3.8, 4) is 5.75 Å². The Kier molecular flexibility index (Phi) is 5.22. The highest BCUT2D eigenvalue weighted by Gasteiger charge is 2.15. The third-order valence-corrected chi connectivity index (χ3v) is 2.71. The van der Waals surface area contributed by atoms with E-state index in [2.05, 4.69) is 5.32 Å². The number of phenols is 1. The molecule has 17 heavy (non-hydrogen) atoms. The summed E-state index contributed by atoms with van der Waals surface area (Å²) in [6, 6.07) is 3.27. The summed E-state index contributed by atoms with van der Waals surface area (Å²) in [6.45, 7) is 1.93. The molecule has 1 unspecified atom stereocenters. The van der Waals surface area contributed by atoms with Crippen LogP contribution in [0, 0.1) is 5.82 Å². The van der Waals surface area contributed by atoms with E-state index < -0.39 is 11.7 Å². The molecule has 1 amide bonds. The molecule has 0 aliphatic carbocycles. The summed E-state index contributed by atoms with van der Waals surface area (Å²) in [4.78, 5) is 11.8. The van der Waals surface area contributed by atoms with Gasteiger partial charge in [0.25, 0.3) is 5.91 Å². The van der Waals surface area contributed by atoms with Gasteiger partial charge in [-0.3, -0.25) is 4.79 Å². The van der Waals surface area contributed by atoms with Crippen LogP contribution < -0.4 is 5.32 Å². The van der Waals surface area contributed by atoms with Crippen molar-refractivity contribution in [2.24, 2.45) is 0 Å². The third-order valence-electron chi connectivity index (χ3n) is 2.49. The highest BCUT2D eigenvalue weighted by Crippen LogP contribution is 2.18. The fourth-order valence-electron chi connectivity index (χ4n) is 1.47. The molecule has 0 saturated carbocycles. The van der Waals surface area contributed by atoms with Gasteiger partial charge in [0.2, 0.25) is 0 Å². The van der Waals surface area contributed by atoms with Gasteiger partial charge in [-0.1, -0.05) is 6.92 Å². The lowest BCUT2D eigenvalue weighted by Crippen LogP contribution is -2.34. The number of aromatic hydroxyl groups is 1. The van der Waals surface area contributed by atoms with Crippen LogP contribution in [0.4, 0.5) is 4.39 Å². The first kappa shape index (κ1) is 13.8. The zero-order valence-corrected chi connectivity index (χ0v) is 10.3. The Morgan fingerprint density at radius 1 is 1.59 bits per heavy atom. The molecule has 2 N–H and O–H groups in total. The predicted molar refractivity (Wildman–Crippen MR) is 64.9 cm³/mol. The Bertz CT molecular complexity index is 398. The first-order valence-corrected chi connectivity index (χ1v) is 5.97. The van der Waals surface area contributed by atoms with E-state index in [1.807, 2.05) is 6.92 Å². The van der Waals surface area contributed by atoms with Gasteiger partial charge in [0.05, 0.1) is 5.56 Å². The molecule has 0 aliphatic rings. The van der Waals surface area contributed by atoms with Gasteiger partial charge in [0, 0.05) is 18.0 Å². The van der Waals surface area contributed by atoms with Gasteiger partial charge in [0.15, 0.2) is 0 Å². The van der Waals surface area contributed by atoms with Crippen LogP contribution in [0.3, 0.4) is 0 Å². The normalized spacial score (nSPS) is 12.2. The molecule has 0 bridgehead atoms. The summed E-state index contributed by atoms with van der Waals surface area (Å²) < 4.78 is 12.8. The molecular formula is C12H15ClFNO2. The second-order valence-corrected chi connectivity index (χ2v) is 4.10. The lowest BCUT2D eigenvalue weighted by molar-refractivity contribution is 0.0932. The predicted octanol–water partition coefficient (Wildman–Crippen LogP) is 2.67. The fraction of sp³-hybridized carbons (Fsp3) is 0.417. The number of rotatable bonds is 5. The molecule has 3 nitrogen and oxygen atoms in total. The standard InChI is InChI=1S/C12H15ClFNO2/c1-2-9(5-6-13)15-12(17)10-4-3-8(14)7-11(10)16/h3-4,7,9,16H,2,5-6H2,1H3,(H,15,17). The first-order chi connectivity index (χ1) is 8.08. The van der Waals surface area contributed by atoms with Crippen LogP contribution in [-0.2, 0) is 0 Å². The topological polar surface area (TPSA) is 49.3 Å². The smallest absolute Gasteiger partial charge is 0.255 e. The van der Waals surface area contributed by atoms with E-state index in [0.29, 0.717) is 12.3 Å². The van der Waals surface area contributed by atoms with Crippen LogP contribution in [0.2, 0.25) is 0 Å². The molecule has 1 aromatic carbocycles. The largest absolute Gasteiger partial charge is 0.507 e. The van der Waals surface area contributed by atoms with Crippen LogP contribution in [-0.4, -0.2) is 22.9 Å². The molecule has 0 fully saturated rings. The van der Waals surface area contributed by atoms with E-state index in [9.17, 15) is 14.3 Å². The van der Waals surface area contributed by atoms with Gasteiger partial charge < -0.3 is 10.4 Å². The van der Waals surface area contributed by atoms with Gasteiger partial charge >= 0.3 is 0 Å². The van der Waals surface area contributed by atoms with Gasteiger partial charge in [-0.15, -0.1) is 11.6 Å². The van der Waals surface area contributed by atoms with Gasteiger partial charge in [-0.25, -0.2) is 4.39 Å². The molecule has 0 aromatic heterocycles. The molecule has 0 saturated heterocycles. The van der Waals surface area contributed by atoms with Crippen molar-refractivity contribution in [2.45, 2.75) is 25.8 Å². The highest BCUT2D eigenvalue weighted by molar-refractivity contribution is 6.17. The number of hydrogen-bond donors (Lipinski definition) is 2. The number of phenolic OH excluding ortho intramolecular Hbond substituents is 1. The minimum Gasteiger partial charge on any atom is -0.507 e. The van der Waals surface area contributed by atoms with Crippen molar-refractivity contribution in [1.29, 1.82) is 0 Å². The molecule has 0 aliphatic heterocycles. The Labute approximate surface area is 105 Å². The molecular weight excluding hydrogens is 245 g/mol. The van der Waals surface area contributed by atoms with E-state index in [1.165, 1.54) is 6.07 Å². The minimum atomic E-state index is -0.577. The van der Waals surface area contributed by atoms with E-state index in [0.717, 1.165) is 18.6 Å². The van der Waals surface area contributed by atoms with Crippen LogP contribution in [0.25, 0.3) is 0 Å². The molecule has 1 rings (SSSR count). The quantitative estimate of drug-likeness (QED) is 0.799. The van der Waals surface area contributed by atoms with Gasteiger partial charge in [-0.05, 0) is 25.0 Å². The molecule has 0 radical (unpaired) electrons. The second kappa shape index (κ2) is 6.45. The first-order valence-electron chi connectivity index (χ1n) is 5.43. The summed E-state index contributed by atoms with van der Waals surface area (Å²) in [5.74, 6) is -0.900. The Morgan fingerprint density at radius 3 is 2.82 bits per heavy atom. The van der Waals surface area contributed by atoms with Crippen molar-refractivity contribution in [3.05, 3.63) is 29.6 Å². The molecule has 1 aromatic rings. The lowest BCUT2D eigenvalue weighted by Gasteiger charge is -2.16. The van der Waals surface area contributed by atoms with Crippen LogP contribution >= 0.6 is 11.6 Å². The molecule has 0 heterocycles. The van der Waals surface area contributed by atoms with E-state index in [1.54, 1.807) is 0 Å². The molecule has 0 spiro atoms. The molecule has 5 heteroatoms. The van der Waals surface area contributed by atoms with Crippen molar-refractivity contribution in [1.82, 2.24) is 5.32 Å². The minimum absolute atomic E-state index is 0.0375.